The average molecular weight is 414 g/mol. The molecule has 0 bridgehead atoms. The Morgan fingerprint density at radius 1 is 1.17 bits per heavy atom. The number of hydrogen-bond donors (Lipinski definition) is 2. The first-order valence-electron chi connectivity index (χ1n) is 9.21. The van der Waals surface area contributed by atoms with E-state index in [1.807, 2.05) is 30.3 Å². The molecule has 1 fully saturated rings. The topological polar surface area (TPSA) is 83.7 Å². The van der Waals surface area contributed by atoms with Crippen molar-refractivity contribution in [2.45, 2.75) is 0 Å². The van der Waals surface area contributed by atoms with Crippen molar-refractivity contribution in [3.8, 4) is 0 Å². The standard InChI is InChI=1S/C21H20ClN3O4/c1-28-21(27)15-12-13(25-8-10-29-11-9-25)6-7-17(15)24-20(26)19-18(22)14-4-2-3-5-16(14)23-19/h2-7,12,23H,8-11H2,1H3,(H,24,26). The minimum absolute atomic E-state index is 0.237. The van der Waals surface area contributed by atoms with Gasteiger partial charge in [-0.2, -0.15) is 0 Å². The number of aromatic nitrogens is 1. The first-order chi connectivity index (χ1) is 14.1. The number of methoxy groups -OCH3 is 1. The number of fused-ring (bicyclic) bond motifs is 1. The van der Waals surface area contributed by atoms with Gasteiger partial charge in [0.05, 0.1) is 36.6 Å². The highest BCUT2D eigenvalue weighted by Gasteiger charge is 2.21. The van der Waals surface area contributed by atoms with Crippen molar-refractivity contribution in [1.29, 1.82) is 0 Å². The maximum Gasteiger partial charge on any atom is 0.340 e. The maximum absolute atomic E-state index is 12.8. The summed E-state index contributed by atoms with van der Waals surface area (Å²) in [6.07, 6.45) is 0. The normalized spacial score (nSPS) is 14.1. The van der Waals surface area contributed by atoms with Crippen LogP contribution in [0.15, 0.2) is 42.5 Å². The fourth-order valence-corrected chi connectivity index (χ4v) is 3.69. The Morgan fingerprint density at radius 2 is 1.93 bits per heavy atom. The first kappa shape index (κ1) is 19.3. The van der Waals surface area contributed by atoms with E-state index in [9.17, 15) is 9.59 Å². The Morgan fingerprint density at radius 3 is 2.66 bits per heavy atom. The van der Waals surface area contributed by atoms with Gasteiger partial charge in [0.25, 0.3) is 5.91 Å². The number of benzene rings is 2. The molecule has 1 saturated heterocycles. The zero-order chi connectivity index (χ0) is 20.4. The van der Waals surface area contributed by atoms with Crippen LogP contribution in [0.1, 0.15) is 20.8 Å². The highest BCUT2D eigenvalue weighted by atomic mass is 35.5. The smallest absolute Gasteiger partial charge is 0.340 e. The summed E-state index contributed by atoms with van der Waals surface area (Å²) in [6.45, 7) is 2.73. The SMILES string of the molecule is COC(=O)c1cc(N2CCOCC2)ccc1NC(=O)c1[nH]c2ccccc2c1Cl. The number of hydrogen-bond acceptors (Lipinski definition) is 5. The second-order valence-corrected chi connectivity index (χ2v) is 7.01. The number of carbonyl (C=O) groups is 2. The molecule has 8 heteroatoms. The number of anilines is 2. The van der Waals surface area contributed by atoms with Crippen molar-refractivity contribution in [3.05, 3.63) is 58.7 Å². The quantitative estimate of drug-likeness (QED) is 0.637. The molecule has 0 atom stereocenters. The van der Waals surface area contributed by atoms with Crippen LogP contribution in [0.5, 0.6) is 0 Å². The average Bonchev–Trinajstić information content (AvgIpc) is 3.11. The molecule has 1 aliphatic rings. The Bertz CT molecular complexity index is 1070. The number of rotatable bonds is 4. The molecule has 29 heavy (non-hydrogen) atoms. The number of para-hydroxylation sites is 1. The van der Waals surface area contributed by atoms with Crippen molar-refractivity contribution >= 4 is 45.8 Å². The van der Waals surface area contributed by atoms with E-state index in [0.29, 0.717) is 23.9 Å². The lowest BCUT2D eigenvalue weighted by molar-refractivity contribution is 0.0602. The van der Waals surface area contributed by atoms with Crippen LogP contribution in [0.4, 0.5) is 11.4 Å². The first-order valence-corrected chi connectivity index (χ1v) is 9.59. The number of ether oxygens (including phenoxy) is 2. The van der Waals surface area contributed by atoms with Gasteiger partial charge in [-0.1, -0.05) is 29.8 Å². The molecule has 0 unspecified atom stereocenters. The van der Waals surface area contributed by atoms with Gasteiger partial charge in [0.2, 0.25) is 0 Å². The molecule has 2 N–H and O–H groups in total. The van der Waals surface area contributed by atoms with E-state index >= 15 is 0 Å². The van der Waals surface area contributed by atoms with Gasteiger partial charge in [-0.15, -0.1) is 0 Å². The number of nitrogens with one attached hydrogen (secondary N) is 2. The van der Waals surface area contributed by atoms with Crippen LogP contribution < -0.4 is 10.2 Å². The highest BCUT2D eigenvalue weighted by Crippen LogP contribution is 2.29. The third-order valence-corrected chi connectivity index (χ3v) is 5.30. The molecule has 150 valence electrons. The summed E-state index contributed by atoms with van der Waals surface area (Å²) in [6, 6.07) is 12.7. The van der Waals surface area contributed by atoms with E-state index in [0.717, 1.165) is 29.7 Å². The van der Waals surface area contributed by atoms with Gasteiger partial charge >= 0.3 is 5.97 Å². The summed E-state index contributed by atoms with van der Waals surface area (Å²) in [7, 11) is 1.31. The van der Waals surface area contributed by atoms with Gasteiger partial charge in [0.15, 0.2) is 0 Å². The van der Waals surface area contributed by atoms with Gasteiger partial charge < -0.3 is 24.7 Å². The molecule has 3 aromatic rings. The fraction of sp³-hybridized carbons (Fsp3) is 0.238. The molecule has 1 aromatic heterocycles. The van der Waals surface area contributed by atoms with E-state index < -0.39 is 11.9 Å². The number of amides is 1. The molecule has 0 spiro atoms. The molecule has 4 rings (SSSR count). The van der Waals surface area contributed by atoms with Crippen LogP contribution in [0.25, 0.3) is 10.9 Å². The fourth-order valence-electron chi connectivity index (χ4n) is 3.39. The maximum atomic E-state index is 12.8. The van der Waals surface area contributed by atoms with Gasteiger partial charge in [0, 0.05) is 29.7 Å². The molecular formula is C21H20ClN3O4. The Kier molecular flexibility index (Phi) is 5.42. The van der Waals surface area contributed by atoms with Crippen LogP contribution in [-0.2, 0) is 9.47 Å². The molecule has 7 nitrogen and oxygen atoms in total. The molecular weight excluding hydrogens is 394 g/mol. The number of nitrogens with zero attached hydrogens (tertiary/aromatic N) is 1. The molecule has 0 aliphatic carbocycles. The number of carbonyl (C=O) groups excluding carboxylic acids is 2. The summed E-state index contributed by atoms with van der Waals surface area (Å²) in [5, 5.41) is 3.87. The minimum atomic E-state index is -0.529. The number of H-pyrrole nitrogens is 1. The molecule has 2 heterocycles. The van der Waals surface area contributed by atoms with Crippen molar-refractivity contribution in [2.75, 3.05) is 43.6 Å². The van der Waals surface area contributed by atoms with E-state index in [-0.39, 0.29) is 11.3 Å². The van der Waals surface area contributed by atoms with Gasteiger partial charge in [-0.3, -0.25) is 4.79 Å². The van der Waals surface area contributed by atoms with Crippen LogP contribution in [0, 0.1) is 0 Å². The number of esters is 1. The lowest BCUT2D eigenvalue weighted by Crippen LogP contribution is -2.36. The van der Waals surface area contributed by atoms with Gasteiger partial charge in [-0.25, -0.2) is 4.79 Å². The lowest BCUT2D eigenvalue weighted by atomic mass is 10.1. The number of halogens is 1. The van der Waals surface area contributed by atoms with Crippen molar-refractivity contribution in [1.82, 2.24) is 4.98 Å². The van der Waals surface area contributed by atoms with Crippen molar-refractivity contribution in [3.63, 3.8) is 0 Å². The Balaban J connectivity index is 1.65. The van der Waals surface area contributed by atoms with Crippen LogP contribution >= 0.6 is 11.6 Å². The Labute approximate surface area is 172 Å². The summed E-state index contributed by atoms with van der Waals surface area (Å²) in [5.74, 6) is -0.964. The second-order valence-electron chi connectivity index (χ2n) is 6.63. The third kappa shape index (κ3) is 3.79. The molecule has 1 aliphatic heterocycles. The molecule has 0 saturated carbocycles. The Hall–Kier alpha value is -3.03. The van der Waals surface area contributed by atoms with Crippen molar-refractivity contribution in [2.24, 2.45) is 0 Å². The minimum Gasteiger partial charge on any atom is -0.465 e. The molecule has 2 aromatic carbocycles. The van der Waals surface area contributed by atoms with Gasteiger partial charge in [-0.05, 0) is 24.3 Å². The highest BCUT2D eigenvalue weighted by molar-refractivity contribution is 6.39. The molecule has 1 amide bonds. The van der Waals surface area contributed by atoms with Crippen LogP contribution in [-0.4, -0.2) is 50.3 Å². The van der Waals surface area contributed by atoms with E-state index in [2.05, 4.69) is 15.2 Å². The third-order valence-electron chi connectivity index (χ3n) is 4.90. The van der Waals surface area contributed by atoms with Gasteiger partial charge in [0.1, 0.15) is 5.69 Å². The zero-order valence-corrected chi connectivity index (χ0v) is 16.6. The van der Waals surface area contributed by atoms with E-state index in [1.54, 1.807) is 12.1 Å². The van der Waals surface area contributed by atoms with E-state index in [4.69, 9.17) is 21.1 Å². The zero-order valence-electron chi connectivity index (χ0n) is 15.8. The summed E-state index contributed by atoms with van der Waals surface area (Å²) < 4.78 is 10.3. The summed E-state index contributed by atoms with van der Waals surface area (Å²) in [5.41, 5.74) is 2.50. The number of morpholine rings is 1. The van der Waals surface area contributed by atoms with E-state index in [1.165, 1.54) is 7.11 Å². The molecule has 0 radical (unpaired) electrons. The number of aromatic amines is 1. The lowest BCUT2D eigenvalue weighted by Gasteiger charge is -2.29. The largest absolute Gasteiger partial charge is 0.465 e. The predicted molar refractivity (Wildman–Crippen MR) is 112 cm³/mol. The summed E-state index contributed by atoms with van der Waals surface area (Å²) in [4.78, 5) is 30.3. The summed E-state index contributed by atoms with van der Waals surface area (Å²) >= 11 is 6.37. The second kappa shape index (κ2) is 8.14. The van der Waals surface area contributed by atoms with Crippen molar-refractivity contribution < 1.29 is 19.1 Å². The monoisotopic (exact) mass is 413 g/mol. The van der Waals surface area contributed by atoms with Crippen LogP contribution in [0.2, 0.25) is 5.02 Å². The predicted octanol–water partition coefficient (Wildman–Crippen LogP) is 3.70. The van der Waals surface area contributed by atoms with Crippen LogP contribution in [0.3, 0.4) is 0 Å².